The topological polar surface area (TPSA) is 185 Å². The van der Waals surface area contributed by atoms with Gasteiger partial charge in [-0.3, -0.25) is 9.79 Å². The van der Waals surface area contributed by atoms with Gasteiger partial charge in [-0.15, -0.1) is 6.58 Å². The second-order valence-electron chi connectivity index (χ2n) is 20.7. The monoisotopic (exact) mass is 1540 g/mol. The second kappa shape index (κ2) is 24.5. The van der Waals surface area contributed by atoms with Gasteiger partial charge in [0, 0.05) is 77.1 Å². The number of pyridine rings is 1. The minimum atomic E-state index is 0.0807. The van der Waals surface area contributed by atoms with Crippen molar-refractivity contribution in [1.82, 2.24) is 34.9 Å². The number of carbonyl (C=O) groups excluding carboxylic acids is 1. The van der Waals surface area contributed by atoms with E-state index in [1.54, 1.807) is 12.1 Å². The minimum Gasteiger partial charge on any atom is -0.456 e. The van der Waals surface area contributed by atoms with E-state index in [1.807, 2.05) is 127 Å². The number of aryl methyl sites for hydroxylation is 1. The van der Waals surface area contributed by atoms with Crippen LogP contribution >= 0.6 is 95.6 Å². The number of anilines is 1. The zero-order chi connectivity index (χ0) is 61.0. The summed E-state index contributed by atoms with van der Waals surface area (Å²) in [5.74, 6) is 0.0807. The van der Waals surface area contributed by atoms with Crippen molar-refractivity contribution in [3.8, 4) is 11.3 Å². The first-order chi connectivity index (χ1) is 43.3. The van der Waals surface area contributed by atoms with Crippen molar-refractivity contribution in [2.75, 3.05) is 5.73 Å². The number of allylic oxidation sites excluding steroid dienone is 1. The molecule has 8 heterocycles. The van der Waals surface area contributed by atoms with Crippen molar-refractivity contribution in [2.24, 2.45) is 4.99 Å². The molecule has 2 N–H and O–H groups in total. The highest BCUT2D eigenvalue weighted by atomic mass is 79.9. The van der Waals surface area contributed by atoms with Gasteiger partial charge in [-0.05, 0) is 223 Å². The maximum atomic E-state index is 11.8. The predicted molar refractivity (Wildman–Crippen MR) is 378 cm³/mol. The zero-order valence-corrected chi connectivity index (χ0v) is 55.8. The van der Waals surface area contributed by atoms with E-state index in [4.69, 9.17) is 29.0 Å². The standard InChI is InChI=1S/C23H13Br2N3O.C23H11Br2N3O.C16H12O2.C8H5Br2N3/c2*24-22-15-8-5-12-6-9-17(26-20(12)21(15)27-23(25)28-22)13-7-10-19-16(11-13)14-3-1-2-4-18(14)29-19;1-2-5-14(17)11-8-9-16-13(10-11)12-6-3-4-7-15(12)18-16;9-7-4-2-1-3-5(11)6(4)12-8(10)13-7/h1-5,7-8,10-11H,6,9H2;1-11H;2-4,6-10H,1,5H2;1-3H,11H2. The number of fused-ring (bicyclic) bond motifs is 16. The summed E-state index contributed by atoms with van der Waals surface area (Å²) in [6.07, 6.45) is 3.82. The van der Waals surface area contributed by atoms with E-state index >= 15 is 0 Å². The Morgan fingerprint density at radius 2 is 0.921 bits per heavy atom. The van der Waals surface area contributed by atoms with Crippen LogP contribution in [0.5, 0.6) is 0 Å². The molecule has 0 saturated heterocycles. The highest BCUT2D eigenvalue weighted by Crippen LogP contribution is 2.40. The number of nitrogen functional groups attached to an aromatic ring is 1. The Morgan fingerprint density at radius 3 is 1.54 bits per heavy atom. The summed E-state index contributed by atoms with van der Waals surface area (Å²) in [7, 11) is 0. The van der Waals surface area contributed by atoms with Crippen LogP contribution in [0.2, 0.25) is 0 Å². The summed E-state index contributed by atoms with van der Waals surface area (Å²) in [4.78, 5) is 48.0. The van der Waals surface area contributed by atoms with Gasteiger partial charge in [0.1, 0.15) is 58.3 Å². The lowest BCUT2D eigenvalue weighted by molar-refractivity contribution is 0.0996. The van der Waals surface area contributed by atoms with E-state index in [9.17, 15) is 4.79 Å². The molecule has 1 aliphatic rings. The van der Waals surface area contributed by atoms with Crippen molar-refractivity contribution in [1.29, 1.82) is 0 Å². The van der Waals surface area contributed by atoms with Gasteiger partial charge < -0.3 is 19.0 Å². The molecule has 0 aliphatic carbocycles. The smallest absolute Gasteiger partial charge is 0.198 e. The molecule has 0 fully saturated rings. The van der Waals surface area contributed by atoms with Crippen molar-refractivity contribution in [2.45, 2.75) is 19.3 Å². The number of rotatable bonds is 5. The van der Waals surface area contributed by atoms with Crippen LogP contribution < -0.4 is 5.73 Å². The van der Waals surface area contributed by atoms with E-state index < -0.39 is 0 Å². The van der Waals surface area contributed by atoms with Crippen LogP contribution in [0.3, 0.4) is 0 Å². The second-order valence-corrected chi connectivity index (χ2v) is 25.1. The number of benzene rings is 9. The molecule has 89 heavy (non-hydrogen) atoms. The van der Waals surface area contributed by atoms with Crippen LogP contribution in [0, 0.1) is 0 Å². The molecule has 17 rings (SSSR count). The number of hydrogen-bond donors (Lipinski definition) is 1. The number of nitrogens with two attached hydrogens (primary N) is 1. The Kier molecular flexibility index (Phi) is 16.0. The summed E-state index contributed by atoms with van der Waals surface area (Å²) in [6.45, 7) is 3.59. The van der Waals surface area contributed by atoms with Crippen molar-refractivity contribution >= 4 is 228 Å². The number of hydrogen-bond acceptors (Lipinski definition) is 13. The average Bonchev–Trinajstić information content (AvgIpc) is 2.68. The van der Waals surface area contributed by atoms with Crippen molar-refractivity contribution < 1.29 is 18.0 Å². The molecular weight excluding hydrogens is 1510 g/mol. The van der Waals surface area contributed by atoms with Crippen LogP contribution in [0.15, 0.2) is 241 Å². The first kappa shape index (κ1) is 58.3. The number of aliphatic imine (C=N–C) groups is 1. The fourth-order valence-electron chi connectivity index (χ4n) is 11.1. The fraction of sp³-hybridized carbons (Fsp3) is 0.0429. The van der Waals surface area contributed by atoms with E-state index in [0.29, 0.717) is 31.9 Å². The molecule has 0 atom stereocenters. The lowest BCUT2D eigenvalue weighted by atomic mass is 9.95. The van der Waals surface area contributed by atoms with Gasteiger partial charge in [0.05, 0.1) is 28.1 Å². The van der Waals surface area contributed by atoms with Gasteiger partial charge >= 0.3 is 0 Å². The third-order valence-corrected chi connectivity index (χ3v) is 18.2. The Morgan fingerprint density at radius 1 is 0.438 bits per heavy atom. The normalized spacial score (nSPS) is 12.1. The SMILES string of the molecule is Brc1nc(Br)c2ccc3c(c2n1)N=C(c1ccc2oc4ccccc4c2c1)CC3.Brc1nc(Br)c2ccc3ccc(-c4ccc5oc6ccccc6c5c4)nc3c2n1.C=CCC(=O)c1ccc2oc3ccccc3c2c1.Nc1cccc2c(Br)nc(Br)nc12. The Bertz CT molecular complexity index is 5610. The van der Waals surface area contributed by atoms with Gasteiger partial charge in [0.15, 0.2) is 20.0 Å². The molecule has 0 bridgehead atoms. The van der Waals surface area contributed by atoms with Gasteiger partial charge in [-0.2, -0.15) is 0 Å². The molecule has 16 aromatic rings. The number of Topliss-reactive ketones (excluding diaryl/α,β-unsaturated/α-hetero) is 1. The summed E-state index contributed by atoms with van der Waals surface area (Å²) in [6, 6.07) is 60.1. The molecule has 7 aromatic heterocycles. The van der Waals surface area contributed by atoms with Crippen LogP contribution in [-0.4, -0.2) is 46.4 Å². The third kappa shape index (κ3) is 11.4. The number of aromatic nitrogens is 7. The molecule has 0 radical (unpaired) electrons. The lowest BCUT2D eigenvalue weighted by Crippen LogP contribution is -2.08. The van der Waals surface area contributed by atoms with E-state index in [2.05, 4.69) is 181 Å². The Balaban J connectivity index is 0.000000109. The van der Waals surface area contributed by atoms with E-state index in [0.717, 1.165) is 164 Å². The highest BCUT2D eigenvalue weighted by molar-refractivity contribution is 9.11. The first-order valence-corrected chi connectivity index (χ1v) is 32.5. The van der Waals surface area contributed by atoms with Crippen LogP contribution in [-0.2, 0) is 6.42 Å². The fourth-order valence-corrected chi connectivity index (χ4v) is 14.3. The molecule has 432 valence electrons. The number of nitrogens with zero attached hydrogens (tertiary/aromatic N) is 8. The molecule has 0 amide bonds. The third-order valence-electron chi connectivity index (χ3n) is 15.3. The van der Waals surface area contributed by atoms with Gasteiger partial charge in [0.2, 0.25) is 0 Å². The number of para-hydroxylation sites is 4. The molecule has 0 saturated carbocycles. The lowest BCUT2D eigenvalue weighted by Gasteiger charge is -2.17. The maximum Gasteiger partial charge on any atom is 0.198 e. The quantitative estimate of drug-likeness (QED) is 0.0430. The van der Waals surface area contributed by atoms with E-state index in [-0.39, 0.29) is 5.78 Å². The number of ketones is 1. The summed E-state index contributed by atoms with van der Waals surface area (Å²) < 4.78 is 21.5. The summed E-state index contributed by atoms with van der Waals surface area (Å²) >= 11 is 20.4. The minimum absolute atomic E-state index is 0.0807. The first-order valence-electron chi connectivity index (χ1n) is 27.7. The van der Waals surface area contributed by atoms with Gasteiger partial charge in [0.25, 0.3) is 0 Å². The van der Waals surface area contributed by atoms with Crippen LogP contribution in [0.4, 0.5) is 11.4 Å². The van der Waals surface area contributed by atoms with Gasteiger partial charge in [-0.25, -0.2) is 34.9 Å². The maximum absolute atomic E-state index is 11.8. The Labute approximate surface area is 556 Å². The summed E-state index contributed by atoms with van der Waals surface area (Å²) in [5.41, 5.74) is 21.9. The summed E-state index contributed by atoms with van der Waals surface area (Å²) in [5, 5.41) is 10.3. The largest absolute Gasteiger partial charge is 0.456 e. The molecular formula is C70H41Br6N9O4. The van der Waals surface area contributed by atoms with Crippen LogP contribution in [0.1, 0.15) is 34.3 Å². The molecule has 0 spiro atoms. The molecule has 13 nitrogen and oxygen atoms in total. The molecule has 0 unspecified atom stereocenters. The zero-order valence-electron chi connectivity index (χ0n) is 46.3. The molecule has 1 aliphatic heterocycles. The van der Waals surface area contributed by atoms with Crippen LogP contribution in [0.25, 0.3) is 121 Å². The molecule has 19 heteroatoms. The predicted octanol–water partition coefficient (Wildman–Crippen LogP) is 21.5. The average molecular weight is 1550 g/mol. The van der Waals surface area contributed by atoms with E-state index in [1.165, 1.54) is 5.56 Å². The van der Waals surface area contributed by atoms with Crippen molar-refractivity contribution in [3.63, 3.8) is 0 Å². The number of carbonyl (C=O) groups is 1. The Hall–Kier alpha value is -8.43. The number of furan rings is 3. The number of halogens is 6. The molecule has 9 aromatic carbocycles. The van der Waals surface area contributed by atoms with Crippen molar-refractivity contribution in [3.05, 3.63) is 239 Å². The highest BCUT2D eigenvalue weighted by Gasteiger charge is 2.21. The van der Waals surface area contributed by atoms with Gasteiger partial charge in [-0.1, -0.05) is 84.9 Å².